The summed E-state index contributed by atoms with van der Waals surface area (Å²) in [5.74, 6) is -0.616. The minimum Gasteiger partial charge on any atom is -0.478 e. The molecular weight excluding hydrogens is 240 g/mol. The molecule has 0 bridgehead atoms. The molecule has 0 saturated heterocycles. The molecule has 0 spiro atoms. The molecule has 0 aliphatic rings. The standard InChI is InChI=1S/C12H16O4S/c1-2-6-16-7-8-17(15)11-5-3-4-10(9-11)12(13)14/h3-5,9H,2,6-8H2,1H3,(H,13,14). The Hall–Kier alpha value is -1.20. The van der Waals surface area contributed by atoms with Gasteiger partial charge in [0.05, 0.1) is 28.7 Å². The largest absolute Gasteiger partial charge is 0.478 e. The number of hydrogen-bond donors (Lipinski definition) is 1. The third kappa shape index (κ3) is 4.66. The maximum atomic E-state index is 11.8. The van der Waals surface area contributed by atoms with Crippen LogP contribution in [-0.2, 0) is 15.5 Å². The van der Waals surface area contributed by atoms with E-state index in [4.69, 9.17) is 9.84 Å². The molecule has 1 atom stereocenters. The average Bonchev–Trinajstić information content (AvgIpc) is 2.34. The summed E-state index contributed by atoms with van der Waals surface area (Å²) in [6, 6.07) is 6.20. The average molecular weight is 256 g/mol. The van der Waals surface area contributed by atoms with Gasteiger partial charge in [-0.05, 0) is 24.6 Å². The number of rotatable bonds is 7. The fourth-order valence-corrected chi connectivity index (χ4v) is 2.26. The smallest absolute Gasteiger partial charge is 0.335 e. The van der Waals surface area contributed by atoms with Crippen LogP contribution in [0.25, 0.3) is 0 Å². The minimum atomic E-state index is -1.20. The van der Waals surface area contributed by atoms with E-state index in [-0.39, 0.29) is 5.56 Å². The third-order valence-corrected chi connectivity index (χ3v) is 3.42. The van der Waals surface area contributed by atoms with Gasteiger partial charge >= 0.3 is 5.97 Å². The van der Waals surface area contributed by atoms with Gasteiger partial charge in [0.2, 0.25) is 0 Å². The van der Waals surface area contributed by atoms with Crippen LogP contribution in [-0.4, -0.2) is 34.3 Å². The minimum absolute atomic E-state index is 0.158. The third-order valence-electron chi connectivity index (χ3n) is 2.11. The fraction of sp³-hybridized carbons (Fsp3) is 0.417. The van der Waals surface area contributed by atoms with Crippen LogP contribution < -0.4 is 0 Å². The van der Waals surface area contributed by atoms with Crippen molar-refractivity contribution in [2.75, 3.05) is 19.0 Å². The van der Waals surface area contributed by atoms with E-state index in [2.05, 4.69) is 0 Å². The second kappa shape index (κ2) is 7.19. The number of benzene rings is 1. The first kappa shape index (κ1) is 13.9. The van der Waals surface area contributed by atoms with Crippen LogP contribution in [0.3, 0.4) is 0 Å². The Morgan fingerprint density at radius 2 is 2.18 bits per heavy atom. The van der Waals surface area contributed by atoms with E-state index in [1.54, 1.807) is 12.1 Å². The molecule has 5 heteroatoms. The molecule has 0 aliphatic carbocycles. The first-order valence-corrected chi connectivity index (χ1v) is 6.76. The summed E-state index contributed by atoms with van der Waals surface area (Å²) in [4.78, 5) is 11.3. The fourth-order valence-electron chi connectivity index (χ4n) is 1.27. The maximum absolute atomic E-state index is 11.8. The molecule has 0 heterocycles. The van der Waals surface area contributed by atoms with E-state index in [0.29, 0.717) is 23.9 Å². The van der Waals surface area contributed by atoms with E-state index in [9.17, 15) is 9.00 Å². The van der Waals surface area contributed by atoms with Crippen LogP contribution in [0.2, 0.25) is 0 Å². The van der Waals surface area contributed by atoms with Gasteiger partial charge in [0.25, 0.3) is 0 Å². The van der Waals surface area contributed by atoms with Crippen LogP contribution in [0.15, 0.2) is 29.2 Å². The Morgan fingerprint density at radius 1 is 1.41 bits per heavy atom. The Labute approximate surface area is 103 Å². The summed E-state index contributed by atoms with van der Waals surface area (Å²) in [7, 11) is -1.20. The highest BCUT2D eigenvalue weighted by Gasteiger charge is 2.08. The first-order chi connectivity index (χ1) is 8.15. The van der Waals surface area contributed by atoms with E-state index in [0.717, 1.165) is 6.42 Å². The van der Waals surface area contributed by atoms with E-state index < -0.39 is 16.8 Å². The zero-order valence-corrected chi connectivity index (χ0v) is 10.5. The molecule has 17 heavy (non-hydrogen) atoms. The quantitative estimate of drug-likeness (QED) is 0.757. The summed E-state index contributed by atoms with van der Waals surface area (Å²) >= 11 is 0. The second-order valence-corrected chi connectivity index (χ2v) is 5.07. The van der Waals surface area contributed by atoms with Crippen molar-refractivity contribution < 1.29 is 18.8 Å². The van der Waals surface area contributed by atoms with Gasteiger partial charge < -0.3 is 9.84 Å². The van der Waals surface area contributed by atoms with Crippen molar-refractivity contribution in [1.29, 1.82) is 0 Å². The zero-order valence-electron chi connectivity index (χ0n) is 9.72. The van der Waals surface area contributed by atoms with Crippen LogP contribution in [0, 0.1) is 0 Å². The topological polar surface area (TPSA) is 63.6 Å². The predicted octanol–water partition coefficient (Wildman–Crippen LogP) is 1.92. The van der Waals surface area contributed by atoms with Crippen LogP contribution >= 0.6 is 0 Å². The van der Waals surface area contributed by atoms with Crippen molar-refractivity contribution >= 4 is 16.8 Å². The maximum Gasteiger partial charge on any atom is 0.335 e. The van der Waals surface area contributed by atoms with Crippen molar-refractivity contribution in [3.8, 4) is 0 Å². The van der Waals surface area contributed by atoms with Gasteiger partial charge in [-0.15, -0.1) is 0 Å². The van der Waals surface area contributed by atoms with Gasteiger partial charge in [-0.3, -0.25) is 4.21 Å². The first-order valence-electron chi connectivity index (χ1n) is 5.44. The van der Waals surface area contributed by atoms with E-state index >= 15 is 0 Å². The summed E-state index contributed by atoms with van der Waals surface area (Å²) in [6.07, 6.45) is 0.932. The van der Waals surface area contributed by atoms with Gasteiger partial charge in [-0.25, -0.2) is 4.79 Å². The highest BCUT2D eigenvalue weighted by molar-refractivity contribution is 7.85. The number of carbonyl (C=O) groups is 1. The summed E-state index contributed by atoms with van der Waals surface area (Å²) in [6.45, 7) is 3.09. The molecule has 1 aromatic rings. The summed E-state index contributed by atoms with van der Waals surface area (Å²) in [5.41, 5.74) is 0.158. The number of carboxylic acid groups (broad SMARTS) is 1. The predicted molar refractivity (Wildman–Crippen MR) is 65.8 cm³/mol. The summed E-state index contributed by atoms with van der Waals surface area (Å²) < 4.78 is 17.1. The van der Waals surface area contributed by atoms with Gasteiger partial charge in [-0.1, -0.05) is 13.0 Å². The molecule has 0 amide bonds. The highest BCUT2D eigenvalue weighted by Crippen LogP contribution is 2.10. The molecular formula is C12H16O4S. The van der Waals surface area contributed by atoms with Crippen molar-refractivity contribution in [3.63, 3.8) is 0 Å². The van der Waals surface area contributed by atoms with Gasteiger partial charge in [0, 0.05) is 11.5 Å². The van der Waals surface area contributed by atoms with Gasteiger partial charge in [0.15, 0.2) is 0 Å². The Balaban J connectivity index is 2.56. The van der Waals surface area contributed by atoms with Gasteiger partial charge in [0.1, 0.15) is 0 Å². The van der Waals surface area contributed by atoms with E-state index in [1.807, 2.05) is 6.92 Å². The molecule has 0 saturated carbocycles. The molecule has 94 valence electrons. The molecule has 1 aromatic carbocycles. The Morgan fingerprint density at radius 3 is 2.82 bits per heavy atom. The van der Waals surface area contributed by atoms with Crippen molar-refractivity contribution in [1.82, 2.24) is 0 Å². The molecule has 1 rings (SSSR count). The molecule has 1 N–H and O–H groups in total. The lowest BCUT2D eigenvalue weighted by atomic mass is 10.2. The molecule has 4 nitrogen and oxygen atoms in total. The van der Waals surface area contributed by atoms with Crippen LogP contribution in [0.4, 0.5) is 0 Å². The van der Waals surface area contributed by atoms with Crippen LogP contribution in [0.5, 0.6) is 0 Å². The van der Waals surface area contributed by atoms with Crippen molar-refractivity contribution in [2.24, 2.45) is 0 Å². The number of carboxylic acids is 1. The zero-order chi connectivity index (χ0) is 12.7. The normalized spacial score (nSPS) is 12.3. The van der Waals surface area contributed by atoms with Crippen LogP contribution in [0.1, 0.15) is 23.7 Å². The monoisotopic (exact) mass is 256 g/mol. The Bertz CT molecular complexity index is 403. The molecule has 0 radical (unpaired) electrons. The lowest BCUT2D eigenvalue weighted by molar-refractivity contribution is 0.0696. The SMILES string of the molecule is CCCOCCS(=O)c1cccc(C(=O)O)c1. The van der Waals surface area contributed by atoms with Gasteiger partial charge in [-0.2, -0.15) is 0 Å². The number of ether oxygens (including phenoxy) is 1. The van der Waals surface area contributed by atoms with Crippen molar-refractivity contribution in [3.05, 3.63) is 29.8 Å². The molecule has 0 aliphatic heterocycles. The second-order valence-electron chi connectivity index (χ2n) is 3.50. The molecule has 1 unspecified atom stereocenters. The molecule has 0 aromatic heterocycles. The number of aromatic carboxylic acids is 1. The molecule has 0 fully saturated rings. The lowest BCUT2D eigenvalue weighted by Gasteiger charge is -2.04. The van der Waals surface area contributed by atoms with Crippen molar-refractivity contribution in [2.45, 2.75) is 18.2 Å². The highest BCUT2D eigenvalue weighted by atomic mass is 32.2. The lowest BCUT2D eigenvalue weighted by Crippen LogP contribution is -2.07. The number of hydrogen-bond acceptors (Lipinski definition) is 3. The van der Waals surface area contributed by atoms with E-state index in [1.165, 1.54) is 12.1 Å². The summed E-state index contributed by atoms with van der Waals surface area (Å²) in [5, 5.41) is 8.81. The Kier molecular flexibility index (Phi) is 5.86.